The summed E-state index contributed by atoms with van der Waals surface area (Å²) in [4.78, 5) is 11.3. The zero-order valence-electron chi connectivity index (χ0n) is 9.71. The molecule has 0 bridgehead atoms. The van der Waals surface area contributed by atoms with Crippen LogP contribution in [0.4, 0.5) is 0 Å². The molecule has 2 atom stereocenters. The minimum atomic E-state index is -0.101. The fourth-order valence-electron chi connectivity index (χ4n) is 0.900. The highest BCUT2D eigenvalue weighted by molar-refractivity contribution is 5.71. The first-order chi connectivity index (χ1) is 6.61. The average molecular weight is 202 g/mol. The lowest BCUT2D eigenvalue weighted by atomic mass is 10.1. The van der Waals surface area contributed by atoms with Crippen molar-refractivity contribution in [1.29, 1.82) is 0 Å². The molecule has 2 unspecified atom stereocenters. The van der Waals surface area contributed by atoms with Crippen LogP contribution in [0.1, 0.15) is 34.1 Å². The molecule has 0 aromatic rings. The second kappa shape index (κ2) is 7.80. The molecule has 0 aromatic heterocycles. The Labute approximate surface area is 86.8 Å². The van der Waals surface area contributed by atoms with Gasteiger partial charge >= 0.3 is 5.97 Å². The zero-order valence-corrected chi connectivity index (χ0v) is 9.71. The van der Waals surface area contributed by atoms with E-state index in [0.29, 0.717) is 19.8 Å². The van der Waals surface area contributed by atoms with Crippen LogP contribution < -0.4 is 0 Å². The highest BCUT2D eigenvalue weighted by Gasteiger charge is 2.13. The summed E-state index contributed by atoms with van der Waals surface area (Å²) in [7, 11) is 0. The van der Waals surface area contributed by atoms with Crippen LogP contribution in [0.2, 0.25) is 0 Å². The molecule has 0 N–H and O–H groups in total. The summed E-state index contributed by atoms with van der Waals surface area (Å²) >= 11 is 0. The van der Waals surface area contributed by atoms with Gasteiger partial charge in [0.1, 0.15) is 0 Å². The predicted molar refractivity (Wildman–Crippen MR) is 56.1 cm³/mol. The van der Waals surface area contributed by atoms with Crippen molar-refractivity contribution in [2.24, 2.45) is 11.8 Å². The Bertz CT molecular complexity index is 157. The minimum absolute atomic E-state index is 0.00861. The third-order valence-electron chi connectivity index (χ3n) is 2.13. The molecule has 0 aliphatic rings. The van der Waals surface area contributed by atoms with E-state index in [1.165, 1.54) is 0 Å². The molecule has 0 amide bonds. The minimum Gasteiger partial charge on any atom is -0.465 e. The van der Waals surface area contributed by atoms with Gasteiger partial charge in [0.05, 0.1) is 19.1 Å². The predicted octanol–water partition coefficient (Wildman–Crippen LogP) is 2.25. The van der Waals surface area contributed by atoms with Crippen LogP contribution in [0, 0.1) is 11.8 Å². The molecule has 0 radical (unpaired) electrons. The number of rotatable bonds is 7. The maximum Gasteiger partial charge on any atom is 0.308 e. The summed E-state index contributed by atoms with van der Waals surface area (Å²) in [5.74, 6) is 0.188. The molecule has 84 valence electrons. The standard InChI is InChI=1S/C11H22O3/c1-5-10(4)11(12)14-8-9(3)7-13-6-2/h9-10H,5-8H2,1-4H3. The van der Waals surface area contributed by atoms with Gasteiger partial charge in [0.2, 0.25) is 0 Å². The van der Waals surface area contributed by atoms with E-state index in [1.807, 2.05) is 27.7 Å². The van der Waals surface area contributed by atoms with Crippen molar-refractivity contribution in [3.63, 3.8) is 0 Å². The van der Waals surface area contributed by atoms with E-state index in [2.05, 4.69) is 0 Å². The fourth-order valence-corrected chi connectivity index (χ4v) is 0.900. The van der Waals surface area contributed by atoms with E-state index in [1.54, 1.807) is 0 Å². The molecular formula is C11H22O3. The third kappa shape index (κ3) is 5.97. The quantitative estimate of drug-likeness (QED) is 0.594. The van der Waals surface area contributed by atoms with Crippen molar-refractivity contribution >= 4 is 5.97 Å². The lowest BCUT2D eigenvalue weighted by Crippen LogP contribution is -2.20. The second-order valence-electron chi connectivity index (χ2n) is 3.70. The van der Waals surface area contributed by atoms with E-state index in [-0.39, 0.29) is 17.8 Å². The highest BCUT2D eigenvalue weighted by Crippen LogP contribution is 2.05. The molecule has 0 saturated heterocycles. The summed E-state index contributed by atoms with van der Waals surface area (Å²) in [6, 6.07) is 0. The van der Waals surface area contributed by atoms with Gasteiger partial charge in [-0.3, -0.25) is 4.79 Å². The van der Waals surface area contributed by atoms with Crippen molar-refractivity contribution in [2.45, 2.75) is 34.1 Å². The molecule has 0 saturated carbocycles. The number of hydrogen-bond acceptors (Lipinski definition) is 3. The molecule has 0 aliphatic carbocycles. The molecular weight excluding hydrogens is 180 g/mol. The van der Waals surface area contributed by atoms with Crippen molar-refractivity contribution in [3.05, 3.63) is 0 Å². The molecule has 0 heterocycles. The summed E-state index contributed by atoms with van der Waals surface area (Å²) in [6.07, 6.45) is 0.832. The lowest BCUT2D eigenvalue weighted by molar-refractivity contribution is -0.149. The molecule has 0 rings (SSSR count). The molecule has 0 spiro atoms. The monoisotopic (exact) mass is 202 g/mol. The molecule has 0 fully saturated rings. The molecule has 3 nitrogen and oxygen atoms in total. The fraction of sp³-hybridized carbons (Fsp3) is 0.909. The van der Waals surface area contributed by atoms with Gasteiger partial charge in [0.15, 0.2) is 0 Å². The maximum absolute atomic E-state index is 11.3. The SMILES string of the molecule is CCOCC(C)COC(=O)C(C)CC. The first-order valence-electron chi connectivity index (χ1n) is 5.36. The molecule has 0 aromatic carbocycles. The Hall–Kier alpha value is -0.570. The van der Waals surface area contributed by atoms with E-state index >= 15 is 0 Å². The number of ether oxygens (including phenoxy) is 2. The first-order valence-corrected chi connectivity index (χ1v) is 5.36. The highest BCUT2D eigenvalue weighted by atomic mass is 16.5. The number of carbonyl (C=O) groups is 1. The van der Waals surface area contributed by atoms with Crippen LogP contribution in [0.25, 0.3) is 0 Å². The topological polar surface area (TPSA) is 35.5 Å². The first kappa shape index (κ1) is 13.4. The van der Waals surface area contributed by atoms with Gasteiger partial charge in [-0.2, -0.15) is 0 Å². The van der Waals surface area contributed by atoms with Crippen molar-refractivity contribution in [1.82, 2.24) is 0 Å². The number of hydrogen-bond donors (Lipinski definition) is 0. The smallest absolute Gasteiger partial charge is 0.308 e. The molecule has 3 heteroatoms. The zero-order chi connectivity index (χ0) is 11.0. The van der Waals surface area contributed by atoms with E-state index in [0.717, 1.165) is 6.42 Å². The van der Waals surface area contributed by atoms with Gasteiger partial charge in [-0.25, -0.2) is 0 Å². The maximum atomic E-state index is 11.3. The normalized spacial score (nSPS) is 14.9. The van der Waals surface area contributed by atoms with Gasteiger partial charge in [-0.1, -0.05) is 20.8 Å². The van der Waals surface area contributed by atoms with Crippen LogP contribution in [0.3, 0.4) is 0 Å². The summed E-state index contributed by atoms with van der Waals surface area (Å²) in [6.45, 7) is 9.67. The lowest BCUT2D eigenvalue weighted by Gasteiger charge is -2.13. The summed E-state index contributed by atoms with van der Waals surface area (Å²) < 4.78 is 10.4. The Morgan fingerprint density at radius 3 is 2.36 bits per heavy atom. The Morgan fingerprint density at radius 2 is 1.86 bits per heavy atom. The van der Waals surface area contributed by atoms with Gasteiger partial charge in [0.25, 0.3) is 0 Å². The average Bonchev–Trinajstić information content (AvgIpc) is 2.21. The molecule has 0 aliphatic heterocycles. The van der Waals surface area contributed by atoms with Crippen molar-refractivity contribution in [2.75, 3.05) is 19.8 Å². The Balaban J connectivity index is 3.55. The van der Waals surface area contributed by atoms with Crippen molar-refractivity contribution in [3.8, 4) is 0 Å². The van der Waals surface area contributed by atoms with Crippen LogP contribution in [-0.4, -0.2) is 25.8 Å². The third-order valence-corrected chi connectivity index (χ3v) is 2.13. The largest absolute Gasteiger partial charge is 0.465 e. The van der Waals surface area contributed by atoms with Gasteiger partial charge in [-0.15, -0.1) is 0 Å². The van der Waals surface area contributed by atoms with Crippen LogP contribution in [0.5, 0.6) is 0 Å². The van der Waals surface area contributed by atoms with Gasteiger partial charge < -0.3 is 9.47 Å². The Morgan fingerprint density at radius 1 is 1.21 bits per heavy atom. The van der Waals surface area contributed by atoms with Crippen LogP contribution >= 0.6 is 0 Å². The Kier molecular flexibility index (Phi) is 7.48. The number of carbonyl (C=O) groups excluding carboxylic acids is 1. The second-order valence-corrected chi connectivity index (χ2v) is 3.70. The molecule has 14 heavy (non-hydrogen) atoms. The van der Waals surface area contributed by atoms with E-state index in [9.17, 15) is 4.79 Å². The van der Waals surface area contributed by atoms with Gasteiger partial charge in [0, 0.05) is 12.5 Å². The van der Waals surface area contributed by atoms with E-state index < -0.39 is 0 Å². The van der Waals surface area contributed by atoms with E-state index in [4.69, 9.17) is 9.47 Å². The van der Waals surface area contributed by atoms with Crippen molar-refractivity contribution < 1.29 is 14.3 Å². The van der Waals surface area contributed by atoms with Gasteiger partial charge in [-0.05, 0) is 13.3 Å². The number of esters is 1. The summed E-state index contributed by atoms with van der Waals surface area (Å²) in [5.41, 5.74) is 0. The van der Waals surface area contributed by atoms with Crippen LogP contribution in [-0.2, 0) is 14.3 Å². The van der Waals surface area contributed by atoms with Crippen LogP contribution in [0.15, 0.2) is 0 Å². The summed E-state index contributed by atoms with van der Waals surface area (Å²) in [5, 5.41) is 0.